The molecule has 0 radical (unpaired) electrons. The molecule has 2 rings (SSSR count). The standard InChI is InChI=1S/C18H21NO5S2/c1-23-13-8-7-12(14(11-13)24-2)10-15-17(22)19(18(25)26-15)9-5-3-4-6-16(20)21/h7-8,10-11H,3-6,9H2,1-2H3,(H,20,21)/b15-10-. The molecule has 6 nitrogen and oxygen atoms in total. The molecule has 1 aliphatic heterocycles. The average Bonchev–Trinajstić information content (AvgIpc) is 2.88. The first-order chi connectivity index (χ1) is 12.5. The molecule has 0 aliphatic carbocycles. The van der Waals surface area contributed by atoms with Crippen molar-refractivity contribution in [3.63, 3.8) is 0 Å². The first-order valence-corrected chi connectivity index (χ1v) is 9.38. The van der Waals surface area contributed by atoms with Crippen LogP contribution in [0.25, 0.3) is 6.08 Å². The lowest BCUT2D eigenvalue weighted by Gasteiger charge is -2.13. The SMILES string of the molecule is COc1ccc(/C=C2\SC(=S)N(CCCCCC(=O)O)C2=O)c(OC)c1. The zero-order valence-electron chi connectivity index (χ0n) is 14.7. The highest BCUT2D eigenvalue weighted by Crippen LogP contribution is 2.35. The predicted octanol–water partition coefficient (Wildman–Crippen LogP) is 3.55. The Bertz CT molecular complexity index is 732. The fourth-order valence-corrected chi connectivity index (χ4v) is 3.79. The van der Waals surface area contributed by atoms with E-state index < -0.39 is 5.97 Å². The van der Waals surface area contributed by atoms with Gasteiger partial charge in [-0.2, -0.15) is 0 Å². The van der Waals surface area contributed by atoms with Gasteiger partial charge in [0.25, 0.3) is 5.91 Å². The van der Waals surface area contributed by atoms with E-state index in [1.165, 1.54) is 11.8 Å². The molecule has 0 aromatic heterocycles. The Morgan fingerprint density at radius 3 is 2.69 bits per heavy atom. The van der Waals surface area contributed by atoms with E-state index in [0.29, 0.717) is 33.7 Å². The fourth-order valence-electron chi connectivity index (χ4n) is 2.49. The molecule has 8 heteroatoms. The maximum atomic E-state index is 12.6. The number of carboxylic acid groups (broad SMARTS) is 1. The Morgan fingerprint density at radius 2 is 2.04 bits per heavy atom. The van der Waals surface area contributed by atoms with Gasteiger partial charge < -0.3 is 14.6 Å². The number of carboxylic acids is 1. The van der Waals surface area contributed by atoms with Crippen molar-refractivity contribution in [2.45, 2.75) is 25.7 Å². The molecule has 1 saturated heterocycles. The van der Waals surface area contributed by atoms with Crippen LogP contribution in [0, 0.1) is 0 Å². The molecule has 0 unspecified atom stereocenters. The van der Waals surface area contributed by atoms with Gasteiger partial charge in [0, 0.05) is 24.6 Å². The Hall–Kier alpha value is -2.06. The minimum atomic E-state index is -0.799. The van der Waals surface area contributed by atoms with Crippen LogP contribution < -0.4 is 9.47 Å². The molecule has 0 saturated carbocycles. The molecular weight excluding hydrogens is 374 g/mol. The lowest BCUT2D eigenvalue weighted by Crippen LogP contribution is -2.29. The predicted molar refractivity (Wildman–Crippen MR) is 106 cm³/mol. The third kappa shape index (κ3) is 5.22. The third-order valence-electron chi connectivity index (χ3n) is 3.87. The van der Waals surface area contributed by atoms with Crippen LogP contribution in [0.3, 0.4) is 0 Å². The number of nitrogens with zero attached hydrogens (tertiary/aromatic N) is 1. The molecule has 1 amide bonds. The summed E-state index contributed by atoms with van der Waals surface area (Å²) in [6.45, 7) is 0.501. The molecule has 140 valence electrons. The highest BCUT2D eigenvalue weighted by atomic mass is 32.2. The summed E-state index contributed by atoms with van der Waals surface area (Å²) in [6, 6.07) is 5.39. The number of unbranched alkanes of at least 4 members (excludes halogenated alkanes) is 2. The molecule has 1 aromatic rings. The van der Waals surface area contributed by atoms with E-state index >= 15 is 0 Å². The molecule has 0 atom stereocenters. The number of methoxy groups -OCH3 is 2. The van der Waals surface area contributed by atoms with Crippen molar-refractivity contribution < 1.29 is 24.2 Å². The second kappa shape index (κ2) is 9.59. The lowest BCUT2D eigenvalue weighted by molar-refractivity contribution is -0.137. The van der Waals surface area contributed by atoms with Gasteiger partial charge in [0.2, 0.25) is 0 Å². The molecule has 26 heavy (non-hydrogen) atoms. The van der Waals surface area contributed by atoms with Crippen LogP contribution in [0.4, 0.5) is 0 Å². The van der Waals surface area contributed by atoms with Crippen molar-refractivity contribution in [2.24, 2.45) is 0 Å². The molecule has 1 N–H and O–H groups in total. The monoisotopic (exact) mass is 395 g/mol. The Balaban J connectivity index is 2.03. The summed E-state index contributed by atoms with van der Waals surface area (Å²) in [5.74, 6) is 0.360. The second-order valence-electron chi connectivity index (χ2n) is 5.65. The van der Waals surface area contributed by atoms with E-state index in [1.807, 2.05) is 6.07 Å². The van der Waals surface area contributed by atoms with E-state index in [1.54, 1.807) is 37.3 Å². The largest absolute Gasteiger partial charge is 0.497 e. The highest BCUT2D eigenvalue weighted by Gasteiger charge is 2.31. The topological polar surface area (TPSA) is 76.1 Å². The molecule has 1 heterocycles. The summed E-state index contributed by atoms with van der Waals surface area (Å²) in [5, 5.41) is 8.64. The summed E-state index contributed by atoms with van der Waals surface area (Å²) in [4.78, 5) is 25.2. The van der Waals surface area contributed by atoms with Gasteiger partial charge in [-0.25, -0.2) is 0 Å². The van der Waals surface area contributed by atoms with Crippen LogP contribution in [0.1, 0.15) is 31.2 Å². The molecule has 1 fully saturated rings. The van der Waals surface area contributed by atoms with E-state index in [9.17, 15) is 9.59 Å². The normalized spacial score (nSPS) is 15.6. The smallest absolute Gasteiger partial charge is 0.303 e. The quantitative estimate of drug-likeness (QED) is 0.389. The van der Waals surface area contributed by atoms with Gasteiger partial charge in [0.1, 0.15) is 15.8 Å². The van der Waals surface area contributed by atoms with Gasteiger partial charge in [-0.15, -0.1) is 0 Å². The Kier molecular flexibility index (Phi) is 7.47. The minimum Gasteiger partial charge on any atom is -0.497 e. The number of aliphatic carboxylic acids is 1. The van der Waals surface area contributed by atoms with Crippen molar-refractivity contribution in [3.05, 3.63) is 28.7 Å². The van der Waals surface area contributed by atoms with Crippen LogP contribution in [-0.2, 0) is 9.59 Å². The number of rotatable bonds is 9. The molecule has 0 spiro atoms. The second-order valence-corrected chi connectivity index (χ2v) is 7.32. The molecule has 1 aromatic carbocycles. The number of thiocarbonyl (C=S) groups is 1. The van der Waals surface area contributed by atoms with Crippen molar-refractivity contribution in [3.8, 4) is 11.5 Å². The number of ether oxygens (including phenoxy) is 2. The van der Waals surface area contributed by atoms with Crippen LogP contribution >= 0.6 is 24.0 Å². The third-order valence-corrected chi connectivity index (χ3v) is 5.25. The Morgan fingerprint density at radius 1 is 1.27 bits per heavy atom. The maximum Gasteiger partial charge on any atom is 0.303 e. The minimum absolute atomic E-state index is 0.129. The van der Waals surface area contributed by atoms with Gasteiger partial charge in [0.05, 0.1) is 19.1 Å². The number of thioether (sulfide) groups is 1. The number of benzene rings is 1. The van der Waals surface area contributed by atoms with E-state index in [0.717, 1.165) is 18.4 Å². The van der Waals surface area contributed by atoms with Crippen molar-refractivity contribution in [1.29, 1.82) is 0 Å². The number of carbonyl (C=O) groups excluding carboxylic acids is 1. The fraction of sp³-hybridized carbons (Fsp3) is 0.389. The zero-order valence-corrected chi connectivity index (χ0v) is 16.3. The van der Waals surface area contributed by atoms with Crippen molar-refractivity contribution in [1.82, 2.24) is 4.90 Å². The summed E-state index contributed by atoms with van der Waals surface area (Å²) in [7, 11) is 3.14. The summed E-state index contributed by atoms with van der Waals surface area (Å²) >= 11 is 6.58. The van der Waals surface area contributed by atoms with Gasteiger partial charge in [0.15, 0.2) is 0 Å². The number of amides is 1. The maximum absolute atomic E-state index is 12.6. The van der Waals surface area contributed by atoms with Crippen LogP contribution in [0.15, 0.2) is 23.1 Å². The first-order valence-electron chi connectivity index (χ1n) is 8.15. The molecular formula is C18H21NO5S2. The average molecular weight is 396 g/mol. The highest BCUT2D eigenvalue weighted by molar-refractivity contribution is 8.26. The summed E-state index contributed by atoms with van der Waals surface area (Å²) in [6.07, 6.45) is 3.98. The zero-order chi connectivity index (χ0) is 19.1. The number of hydrogen-bond acceptors (Lipinski definition) is 6. The van der Waals surface area contributed by atoms with E-state index in [2.05, 4.69) is 0 Å². The van der Waals surface area contributed by atoms with Crippen LogP contribution in [0.5, 0.6) is 11.5 Å². The number of hydrogen-bond donors (Lipinski definition) is 1. The van der Waals surface area contributed by atoms with Crippen LogP contribution in [0.2, 0.25) is 0 Å². The summed E-state index contributed by atoms with van der Waals surface area (Å²) in [5.41, 5.74) is 0.773. The first kappa shape index (κ1) is 20.3. The summed E-state index contributed by atoms with van der Waals surface area (Å²) < 4.78 is 11.1. The van der Waals surface area contributed by atoms with Gasteiger partial charge in [-0.3, -0.25) is 14.5 Å². The van der Waals surface area contributed by atoms with E-state index in [-0.39, 0.29) is 12.3 Å². The van der Waals surface area contributed by atoms with Gasteiger partial charge in [-0.1, -0.05) is 30.4 Å². The molecule has 1 aliphatic rings. The van der Waals surface area contributed by atoms with Crippen LogP contribution in [-0.4, -0.2) is 47.0 Å². The van der Waals surface area contributed by atoms with Crippen molar-refractivity contribution in [2.75, 3.05) is 20.8 Å². The molecule has 0 bridgehead atoms. The van der Waals surface area contributed by atoms with Gasteiger partial charge >= 0.3 is 5.97 Å². The Labute approximate surface area is 162 Å². The van der Waals surface area contributed by atoms with E-state index in [4.69, 9.17) is 26.8 Å². The van der Waals surface area contributed by atoms with Crippen molar-refractivity contribution >= 4 is 46.3 Å². The number of carbonyl (C=O) groups is 2. The lowest BCUT2D eigenvalue weighted by atomic mass is 10.1. The van der Waals surface area contributed by atoms with Gasteiger partial charge in [-0.05, 0) is 31.1 Å².